The third-order valence-electron chi connectivity index (χ3n) is 3.83. The lowest BCUT2D eigenvalue weighted by Crippen LogP contribution is -2.52. The Kier molecular flexibility index (Phi) is 4.73. The number of aliphatic carboxylic acids is 1. The Balaban J connectivity index is 1.74. The van der Waals surface area contributed by atoms with E-state index in [1.807, 2.05) is 0 Å². The Morgan fingerprint density at radius 1 is 1.30 bits per heavy atom. The van der Waals surface area contributed by atoms with Crippen LogP contribution in [0.1, 0.15) is 16.8 Å². The minimum Gasteiger partial charge on any atom is -0.480 e. The summed E-state index contributed by atoms with van der Waals surface area (Å²) in [6.07, 6.45) is 2.20. The van der Waals surface area contributed by atoms with E-state index < -0.39 is 12.0 Å². The van der Waals surface area contributed by atoms with Crippen molar-refractivity contribution in [2.75, 3.05) is 33.0 Å². The average molecular weight is 322 g/mol. The monoisotopic (exact) mass is 322 g/mol. The number of carboxylic acid groups (broad SMARTS) is 1. The van der Waals surface area contributed by atoms with E-state index in [9.17, 15) is 14.7 Å². The highest BCUT2D eigenvalue weighted by atomic mass is 16.5. The van der Waals surface area contributed by atoms with E-state index in [1.54, 1.807) is 6.07 Å². The van der Waals surface area contributed by atoms with Crippen molar-refractivity contribution in [1.82, 2.24) is 9.88 Å². The number of morpholine rings is 1. The number of carbonyl (C=O) groups excluding carboxylic acids is 1. The van der Waals surface area contributed by atoms with Gasteiger partial charge in [-0.15, -0.1) is 0 Å². The molecule has 8 heteroatoms. The number of hydrogen-bond donors (Lipinski definition) is 1. The van der Waals surface area contributed by atoms with Gasteiger partial charge < -0.3 is 24.2 Å². The molecule has 2 saturated heterocycles. The molecule has 23 heavy (non-hydrogen) atoms. The molecule has 3 heterocycles. The van der Waals surface area contributed by atoms with Gasteiger partial charge >= 0.3 is 5.97 Å². The number of aromatic nitrogens is 1. The van der Waals surface area contributed by atoms with E-state index >= 15 is 0 Å². The van der Waals surface area contributed by atoms with Crippen LogP contribution in [0.2, 0.25) is 0 Å². The Morgan fingerprint density at radius 3 is 2.87 bits per heavy atom. The second-order valence-corrected chi connectivity index (χ2v) is 5.41. The molecule has 2 unspecified atom stereocenters. The highest BCUT2D eigenvalue weighted by molar-refractivity contribution is 5.96. The first-order valence-corrected chi connectivity index (χ1v) is 7.47. The molecule has 1 aromatic heterocycles. The highest BCUT2D eigenvalue weighted by Crippen LogP contribution is 2.18. The SMILES string of the molecule is O=C(O)C1COCCN1C(=O)c1ccnc(OC2CCOC2)c1. The number of nitrogens with zero attached hydrogens (tertiary/aromatic N) is 2. The molecule has 0 saturated carbocycles. The molecule has 0 bridgehead atoms. The molecule has 2 aliphatic rings. The summed E-state index contributed by atoms with van der Waals surface area (Å²) in [7, 11) is 0. The van der Waals surface area contributed by atoms with E-state index in [-0.39, 0.29) is 25.2 Å². The molecule has 3 rings (SSSR count). The summed E-state index contributed by atoms with van der Waals surface area (Å²) >= 11 is 0. The van der Waals surface area contributed by atoms with Gasteiger partial charge in [0.25, 0.3) is 5.91 Å². The van der Waals surface area contributed by atoms with Crippen LogP contribution in [-0.4, -0.2) is 72.0 Å². The number of carbonyl (C=O) groups is 2. The van der Waals surface area contributed by atoms with Crippen molar-refractivity contribution in [2.45, 2.75) is 18.6 Å². The van der Waals surface area contributed by atoms with Crippen LogP contribution in [-0.2, 0) is 14.3 Å². The molecule has 2 fully saturated rings. The zero-order valence-corrected chi connectivity index (χ0v) is 12.5. The van der Waals surface area contributed by atoms with Crippen LogP contribution < -0.4 is 4.74 Å². The van der Waals surface area contributed by atoms with Crippen LogP contribution in [0.3, 0.4) is 0 Å². The molecule has 0 radical (unpaired) electrons. The van der Waals surface area contributed by atoms with Gasteiger partial charge in [-0.3, -0.25) is 4.79 Å². The molecule has 2 atom stereocenters. The molecule has 8 nitrogen and oxygen atoms in total. The zero-order valence-electron chi connectivity index (χ0n) is 12.5. The number of carboxylic acids is 1. The van der Waals surface area contributed by atoms with Crippen LogP contribution in [0.25, 0.3) is 0 Å². The summed E-state index contributed by atoms with van der Waals surface area (Å²) in [5.41, 5.74) is 0.349. The summed E-state index contributed by atoms with van der Waals surface area (Å²) in [4.78, 5) is 29.3. The summed E-state index contributed by atoms with van der Waals surface area (Å²) in [5, 5.41) is 9.22. The van der Waals surface area contributed by atoms with Gasteiger partial charge in [0.05, 0.1) is 26.4 Å². The quantitative estimate of drug-likeness (QED) is 0.844. The molecule has 1 amide bonds. The van der Waals surface area contributed by atoms with Gasteiger partial charge in [0, 0.05) is 30.8 Å². The summed E-state index contributed by atoms with van der Waals surface area (Å²) in [5.74, 6) is -1.10. The van der Waals surface area contributed by atoms with Gasteiger partial charge in [0.15, 0.2) is 6.04 Å². The third-order valence-corrected chi connectivity index (χ3v) is 3.83. The number of amides is 1. The standard InChI is InChI=1S/C15H18N2O6/c18-14(17-4-6-22-9-12(17)15(19)20)10-1-3-16-13(7-10)23-11-2-5-21-8-11/h1,3,7,11-12H,2,4-6,8-9H2,(H,19,20). The lowest BCUT2D eigenvalue weighted by molar-refractivity contribution is -0.147. The molecular weight excluding hydrogens is 304 g/mol. The Bertz CT molecular complexity index is 587. The lowest BCUT2D eigenvalue weighted by Gasteiger charge is -2.32. The van der Waals surface area contributed by atoms with Crippen molar-refractivity contribution < 1.29 is 28.9 Å². The minimum absolute atomic E-state index is 0.00503. The van der Waals surface area contributed by atoms with Crippen LogP contribution in [0, 0.1) is 0 Å². The van der Waals surface area contributed by atoms with Gasteiger partial charge in [-0.2, -0.15) is 0 Å². The summed E-state index contributed by atoms with van der Waals surface area (Å²) in [6, 6.07) is 2.11. The predicted molar refractivity (Wildman–Crippen MR) is 77.4 cm³/mol. The van der Waals surface area contributed by atoms with Crippen LogP contribution in [0.15, 0.2) is 18.3 Å². The summed E-state index contributed by atoms with van der Waals surface area (Å²) < 4.78 is 16.1. The smallest absolute Gasteiger partial charge is 0.328 e. The number of pyridine rings is 1. The van der Waals surface area contributed by atoms with Gasteiger partial charge in [0.1, 0.15) is 6.10 Å². The Morgan fingerprint density at radius 2 is 2.13 bits per heavy atom. The van der Waals surface area contributed by atoms with Gasteiger partial charge in [-0.1, -0.05) is 0 Å². The fourth-order valence-electron chi connectivity index (χ4n) is 2.60. The maximum atomic E-state index is 12.6. The van der Waals surface area contributed by atoms with Crippen molar-refractivity contribution in [2.24, 2.45) is 0 Å². The van der Waals surface area contributed by atoms with Gasteiger partial charge in [0.2, 0.25) is 5.88 Å². The fraction of sp³-hybridized carbons (Fsp3) is 0.533. The number of rotatable bonds is 4. The molecule has 0 aliphatic carbocycles. The molecular formula is C15H18N2O6. The highest BCUT2D eigenvalue weighted by Gasteiger charge is 2.33. The molecule has 2 aliphatic heterocycles. The van der Waals surface area contributed by atoms with E-state index in [4.69, 9.17) is 14.2 Å². The predicted octanol–water partition coefficient (Wildman–Crippen LogP) is 0.175. The van der Waals surface area contributed by atoms with Crippen molar-refractivity contribution in [3.05, 3.63) is 23.9 Å². The van der Waals surface area contributed by atoms with Crippen molar-refractivity contribution in [3.63, 3.8) is 0 Å². The van der Waals surface area contributed by atoms with Gasteiger partial charge in [-0.25, -0.2) is 9.78 Å². The average Bonchev–Trinajstić information content (AvgIpc) is 3.07. The zero-order chi connectivity index (χ0) is 16.2. The Hall–Kier alpha value is -2.19. The molecule has 124 valence electrons. The van der Waals surface area contributed by atoms with E-state index in [1.165, 1.54) is 17.2 Å². The largest absolute Gasteiger partial charge is 0.480 e. The normalized spacial score (nSPS) is 24.4. The maximum absolute atomic E-state index is 12.6. The molecule has 0 spiro atoms. The molecule has 0 aromatic carbocycles. The van der Waals surface area contributed by atoms with Crippen molar-refractivity contribution in [3.8, 4) is 5.88 Å². The van der Waals surface area contributed by atoms with Crippen LogP contribution in [0.5, 0.6) is 5.88 Å². The third kappa shape index (κ3) is 3.59. The molecule has 1 aromatic rings. The van der Waals surface area contributed by atoms with Crippen molar-refractivity contribution in [1.29, 1.82) is 0 Å². The first-order valence-electron chi connectivity index (χ1n) is 7.47. The van der Waals surface area contributed by atoms with E-state index in [0.29, 0.717) is 31.3 Å². The molecule has 1 N–H and O–H groups in total. The van der Waals surface area contributed by atoms with E-state index in [0.717, 1.165) is 6.42 Å². The fourth-order valence-corrected chi connectivity index (χ4v) is 2.60. The number of hydrogen-bond acceptors (Lipinski definition) is 6. The second kappa shape index (κ2) is 6.93. The second-order valence-electron chi connectivity index (χ2n) is 5.41. The van der Waals surface area contributed by atoms with Crippen LogP contribution >= 0.6 is 0 Å². The lowest BCUT2D eigenvalue weighted by atomic mass is 10.1. The topological polar surface area (TPSA) is 98.2 Å². The van der Waals surface area contributed by atoms with Crippen LogP contribution in [0.4, 0.5) is 0 Å². The number of ether oxygens (including phenoxy) is 3. The Labute approximate surface area is 133 Å². The van der Waals surface area contributed by atoms with E-state index in [2.05, 4.69) is 4.98 Å². The summed E-state index contributed by atoms with van der Waals surface area (Å²) in [6.45, 7) is 1.71. The first kappa shape index (κ1) is 15.7. The van der Waals surface area contributed by atoms with Crippen molar-refractivity contribution >= 4 is 11.9 Å². The maximum Gasteiger partial charge on any atom is 0.328 e. The first-order chi connectivity index (χ1) is 11.1. The van der Waals surface area contributed by atoms with Gasteiger partial charge in [-0.05, 0) is 6.07 Å². The minimum atomic E-state index is -1.08.